The van der Waals surface area contributed by atoms with Gasteiger partial charge in [0, 0.05) is 11.1 Å². The van der Waals surface area contributed by atoms with Crippen LogP contribution in [-0.4, -0.2) is 30.1 Å². The number of nitrogens with one attached hydrogen (secondary N) is 3. The van der Waals surface area contributed by atoms with Crippen molar-refractivity contribution in [1.29, 1.82) is 0 Å². The summed E-state index contributed by atoms with van der Waals surface area (Å²) in [6.45, 7) is 9.91. The molecule has 3 rings (SSSR count). The molecule has 1 aromatic rings. The molecule has 0 saturated carbocycles. The molecule has 0 radical (unpaired) electrons. The number of carbonyl (C=O) groups excluding carboxylic acids is 2. The normalized spacial score (nSPS) is 28.4. The number of carbonyl (C=O) groups is 2. The van der Waals surface area contributed by atoms with Crippen molar-refractivity contribution in [3.8, 4) is 0 Å². The predicted molar refractivity (Wildman–Crippen MR) is 97.8 cm³/mol. The third-order valence-electron chi connectivity index (χ3n) is 5.86. The van der Waals surface area contributed by atoms with Crippen LogP contribution in [0.1, 0.15) is 32.8 Å². The van der Waals surface area contributed by atoms with Crippen LogP contribution in [-0.2, 0) is 15.0 Å². The molecular formula is C19H26N4O2. The number of hydrogen-bond acceptors (Lipinski definition) is 4. The van der Waals surface area contributed by atoms with Gasteiger partial charge in [0.15, 0.2) is 0 Å². The molecule has 0 bridgehead atoms. The van der Waals surface area contributed by atoms with Crippen molar-refractivity contribution in [1.82, 2.24) is 10.6 Å². The molecule has 0 unspecified atom stereocenters. The first-order chi connectivity index (χ1) is 11.7. The monoisotopic (exact) mass is 342 g/mol. The Morgan fingerprint density at radius 2 is 2.12 bits per heavy atom. The maximum atomic E-state index is 12.6. The molecular weight excluding hydrogens is 316 g/mol. The Morgan fingerprint density at radius 3 is 2.76 bits per heavy atom. The van der Waals surface area contributed by atoms with Gasteiger partial charge in [-0.3, -0.25) is 14.9 Å². The molecule has 1 saturated heterocycles. The fraction of sp³-hybridized carbons (Fsp3) is 0.474. The van der Waals surface area contributed by atoms with E-state index in [2.05, 4.69) is 48.5 Å². The lowest BCUT2D eigenvalue weighted by Gasteiger charge is -2.42. The van der Waals surface area contributed by atoms with Gasteiger partial charge in [-0.1, -0.05) is 38.1 Å². The van der Waals surface area contributed by atoms with Gasteiger partial charge in [-0.25, -0.2) is 0 Å². The van der Waals surface area contributed by atoms with Crippen LogP contribution >= 0.6 is 0 Å². The topological polar surface area (TPSA) is 96.2 Å². The molecule has 6 heteroatoms. The van der Waals surface area contributed by atoms with E-state index in [4.69, 9.17) is 5.73 Å². The van der Waals surface area contributed by atoms with Crippen molar-refractivity contribution in [3.63, 3.8) is 0 Å². The van der Waals surface area contributed by atoms with Crippen LogP contribution < -0.4 is 21.7 Å². The minimum absolute atomic E-state index is 0.0856. The minimum Gasteiger partial charge on any atom is -0.369 e. The van der Waals surface area contributed by atoms with Gasteiger partial charge in [0.1, 0.15) is 6.04 Å². The molecule has 25 heavy (non-hydrogen) atoms. The highest BCUT2D eigenvalue weighted by molar-refractivity contribution is 5.89. The van der Waals surface area contributed by atoms with E-state index < -0.39 is 18.0 Å². The van der Waals surface area contributed by atoms with Gasteiger partial charge < -0.3 is 16.4 Å². The molecule has 0 aliphatic carbocycles. The molecule has 2 amide bonds. The molecule has 2 heterocycles. The van der Waals surface area contributed by atoms with Crippen LogP contribution in [0.3, 0.4) is 0 Å². The standard InChI is InChI=1S/C19H26N4O2/c1-5-18(3,4)19-10-14(16(25)21-11(2)15(20)24)23-17(19)22-13-9-7-6-8-12(13)19/h5-9,11,14,17,22-23H,1,10H2,2-4H3,(H2,20,24)(H,21,25)/t11-,14+,17+,19-/m1/s1. The van der Waals surface area contributed by atoms with E-state index in [1.54, 1.807) is 6.92 Å². The van der Waals surface area contributed by atoms with Crippen LogP contribution in [0, 0.1) is 5.41 Å². The zero-order valence-corrected chi connectivity index (χ0v) is 14.9. The summed E-state index contributed by atoms with van der Waals surface area (Å²) in [4.78, 5) is 23.9. The van der Waals surface area contributed by atoms with Crippen LogP contribution in [0.5, 0.6) is 0 Å². The molecule has 5 N–H and O–H groups in total. The second-order valence-electron chi connectivity index (χ2n) is 7.58. The van der Waals surface area contributed by atoms with Gasteiger partial charge in [-0.05, 0) is 30.4 Å². The van der Waals surface area contributed by atoms with E-state index in [1.807, 2.05) is 18.2 Å². The van der Waals surface area contributed by atoms with Crippen LogP contribution in [0.15, 0.2) is 36.9 Å². The second kappa shape index (κ2) is 5.88. The van der Waals surface area contributed by atoms with Crippen molar-refractivity contribution in [2.24, 2.45) is 11.1 Å². The van der Waals surface area contributed by atoms with Crippen molar-refractivity contribution >= 4 is 17.5 Å². The lowest BCUT2D eigenvalue weighted by atomic mass is 9.60. The highest BCUT2D eigenvalue weighted by Gasteiger charge is 2.60. The summed E-state index contributed by atoms with van der Waals surface area (Å²) in [7, 11) is 0. The number of amides is 2. The van der Waals surface area contributed by atoms with Gasteiger partial charge in [0.2, 0.25) is 11.8 Å². The molecule has 0 spiro atoms. The summed E-state index contributed by atoms with van der Waals surface area (Å²) in [5.41, 5.74) is 6.98. The second-order valence-corrected chi connectivity index (χ2v) is 7.58. The number of nitrogens with two attached hydrogens (primary N) is 1. The number of allylic oxidation sites excluding steroid dienone is 1. The summed E-state index contributed by atoms with van der Waals surface area (Å²) >= 11 is 0. The van der Waals surface area contributed by atoms with Crippen molar-refractivity contribution in [2.75, 3.05) is 5.32 Å². The first kappa shape index (κ1) is 17.5. The molecule has 6 nitrogen and oxygen atoms in total. The Balaban J connectivity index is 1.95. The molecule has 134 valence electrons. The van der Waals surface area contributed by atoms with E-state index in [1.165, 1.54) is 5.56 Å². The van der Waals surface area contributed by atoms with Gasteiger partial charge in [-0.2, -0.15) is 0 Å². The van der Waals surface area contributed by atoms with E-state index in [-0.39, 0.29) is 22.9 Å². The zero-order valence-electron chi connectivity index (χ0n) is 14.9. The van der Waals surface area contributed by atoms with Gasteiger partial charge >= 0.3 is 0 Å². The third kappa shape index (κ3) is 2.52. The quantitative estimate of drug-likeness (QED) is 0.605. The SMILES string of the molecule is C=CC(C)(C)[C@@]12C[C@@H](C(=O)N[C@H](C)C(N)=O)N[C@@H]1Nc1ccccc12. The average molecular weight is 342 g/mol. The number of benzene rings is 1. The number of fused-ring (bicyclic) bond motifs is 3. The number of anilines is 1. The highest BCUT2D eigenvalue weighted by atomic mass is 16.2. The van der Waals surface area contributed by atoms with E-state index in [9.17, 15) is 9.59 Å². The number of rotatable bonds is 5. The highest BCUT2D eigenvalue weighted by Crippen LogP contribution is 2.57. The minimum atomic E-state index is -0.696. The Bertz CT molecular complexity index is 730. The van der Waals surface area contributed by atoms with Crippen LogP contribution in [0.4, 0.5) is 5.69 Å². The molecule has 0 aromatic heterocycles. The maximum Gasteiger partial charge on any atom is 0.239 e. The lowest BCUT2D eigenvalue weighted by Crippen LogP contribution is -2.51. The lowest BCUT2D eigenvalue weighted by molar-refractivity contribution is -0.128. The van der Waals surface area contributed by atoms with Crippen LogP contribution in [0.2, 0.25) is 0 Å². The van der Waals surface area contributed by atoms with Crippen LogP contribution in [0.25, 0.3) is 0 Å². The number of hydrogen-bond donors (Lipinski definition) is 4. The summed E-state index contributed by atoms with van der Waals surface area (Å²) < 4.78 is 0. The fourth-order valence-electron chi connectivity index (χ4n) is 4.14. The molecule has 2 aliphatic rings. The van der Waals surface area contributed by atoms with E-state index >= 15 is 0 Å². The predicted octanol–water partition coefficient (Wildman–Crippen LogP) is 1.24. The van der Waals surface area contributed by atoms with Gasteiger partial charge in [0.25, 0.3) is 0 Å². The summed E-state index contributed by atoms with van der Waals surface area (Å²) in [6, 6.07) is 7.08. The van der Waals surface area contributed by atoms with Gasteiger partial charge in [0.05, 0.1) is 12.2 Å². The summed E-state index contributed by atoms with van der Waals surface area (Å²) in [5, 5.41) is 9.60. The van der Waals surface area contributed by atoms with Crippen molar-refractivity contribution in [2.45, 2.75) is 50.9 Å². The molecule has 1 fully saturated rings. The van der Waals surface area contributed by atoms with Gasteiger partial charge in [-0.15, -0.1) is 6.58 Å². The third-order valence-corrected chi connectivity index (χ3v) is 5.86. The zero-order chi connectivity index (χ0) is 18.4. The number of primary amides is 1. The Hall–Kier alpha value is -2.34. The first-order valence-electron chi connectivity index (χ1n) is 8.58. The number of para-hydroxylation sites is 1. The molecule has 4 atom stereocenters. The Kier molecular flexibility index (Phi) is 4.11. The van der Waals surface area contributed by atoms with E-state index in [0.29, 0.717) is 6.42 Å². The smallest absolute Gasteiger partial charge is 0.239 e. The maximum absolute atomic E-state index is 12.6. The van der Waals surface area contributed by atoms with E-state index in [0.717, 1.165) is 5.69 Å². The summed E-state index contributed by atoms with van der Waals surface area (Å²) in [6.07, 6.45) is 2.48. The van der Waals surface area contributed by atoms with Crippen molar-refractivity contribution < 1.29 is 9.59 Å². The summed E-state index contributed by atoms with van der Waals surface area (Å²) in [5.74, 6) is -0.754. The fourth-order valence-corrected chi connectivity index (χ4v) is 4.14. The largest absolute Gasteiger partial charge is 0.369 e. The molecule has 1 aromatic carbocycles. The average Bonchev–Trinajstić information content (AvgIpc) is 3.09. The Morgan fingerprint density at radius 1 is 1.44 bits per heavy atom. The Labute approximate surface area is 148 Å². The molecule has 2 aliphatic heterocycles. The van der Waals surface area contributed by atoms with Crippen molar-refractivity contribution in [3.05, 3.63) is 42.5 Å². The first-order valence-corrected chi connectivity index (χ1v) is 8.58.